The molecule has 0 aromatic rings. The van der Waals surface area contributed by atoms with E-state index in [1.165, 1.54) is 0 Å². The number of piperidine rings is 1. The van der Waals surface area contributed by atoms with Gasteiger partial charge in [0.15, 0.2) is 0 Å². The molecule has 2 amide bonds. The molecule has 1 heterocycles. The van der Waals surface area contributed by atoms with E-state index in [-0.39, 0.29) is 6.03 Å². The van der Waals surface area contributed by atoms with Crippen molar-refractivity contribution in [2.45, 2.75) is 45.6 Å². The number of amides is 2. The summed E-state index contributed by atoms with van der Waals surface area (Å²) in [4.78, 5) is 13.7. The fraction of sp³-hybridized carbons (Fsp3) is 0.917. The Kier molecular flexibility index (Phi) is 6.23. The fourth-order valence-electron chi connectivity index (χ4n) is 2.06. The van der Waals surface area contributed by atoms with Crippen LogP contribution in [0.25, 0.3) is 0 Å². The summed E-state index contributed by atoms with van der Waals surface area (Å²) in [6.45, 7) is 7.86. The van der Waals surface area contributed by atoms with Gasteiger partial charge in [-0.3, -0.25) is 0 Å². The predicted molar refractivity (Wildman–Crippen MR) is 66.6 cm³/mol. The molecular formula is C12H25N3O. The molecular weight excluding hydrogens is 202 g/mol. The molecule has 0 radical (unpaired) electrons. The van der Waals surface area contributed by atoms with Crippen LogP contribution in [0.15, 0.2) is 0 Å². The molecule has 0 spiro atoms. The number of carbonyl (C=O) groups excluding carboxylic acids is 1. The maximum Gasteiger partial charge on any atom is 0.317 e. The largest absolute Gasteiger partial charge is 0.338 e. The van der Waals surface area contributed by atoms with Crippen molar-refractivity contribution in [2.24, 2.45) is 0 Å². The summed E-state index contributed by atoms with van der Waals surface area (Å²) in [5.74, 6) is 0. The average molecular weight is 227 g/mol. The number of likely N-dealkylation sites (tertiary alicyclic amines) is 1. The molecule has 94 valence electrons. The van der Waals surface area contributed by atoms with Gasteiger partial charge in [-0.25, -0.2) is 4.79 Å². The maximum absolute atomic E-state index is 11.7. The summed E-state index contributed by atoms with van der Waals surface area (Å²) < 4.78 is 0. The van der Waals surface area contributed by atoms with Gasteiger partial charge in [-0.15, -0.1) is 0 Å². The highest BCUT2D eigenvalue weighted by molar-refractivity contribution is 5.74. The second-order valence-electron chi connectivity index (χ2n) is 4.40. The topological polar surface area (TPSA) is 44.4 Å². The van der Waals surface area contributed by atoms with E-state index >= 15 is 0 Å². The van der Waals surface area contributed by atoms with E-state index in [0.717, 1.165) is 51.9 Å². The number of hydrogen-bond acceptors (Lipinski definition) is 2. The molecule has 0 aliphatic carbocycles. The lowest BCUT2D eigenvalue weighted by Crippen LogP contribution is -2.48. The molecule has 0 aromatic heterocycles. The maximum atomic E-state index is 11.7. The monoisotopic (exact) mass is 227 g/mol. The number of nitrogens with zero attached hydrogens (tertiary/aromatic N) is 1. The lowest BCUT2D eigenvalue weighted by atomic mass is 10.1. The number of hydrogen-bond donors (Lipinski definition) is 2. The molecule has 1 saturated heterocycles. The van der Waals surface area contributed by atoms with Gasteiger partial charge in [0.1, 0.15) is 0 Å². The van der Waals surface area contributed by atoms with Crippen LogP contribution in [-0.4, -0.2) is 43.2 Å². The highest BCUT2D eigenvalue weighted by Gasteiger charge is 2.21. The highest BCUT2D eigenvalue weighted by Crippen LogP contribution is 2.09. The summed E-state index contributed by atoms with van der Waals surface area (Å²) in [7, 11) is 0. The number of nitrogens with one attached hydrogen (secondary N) is 2. The van der Waals surface area contributed by atoms with Gasteiger partial charge in [-0.05, 0) is 25.8 Å². The average Bonchev–Trinajstić information content (AvgIpc) is 2.30. The SMILES string of the molecule is CCCCNC(=O)N1CCC(NCC)CC1. The molecule has 0 unspecified atom stereocenters. The van der Waals surface area contributed by atoms with E-state index in [1.54, 1.807) is 0 Å². The van der Waals surface area contributed by atoms with E-state index in [0.29, 0.717) is 6.04 Å². The Bertz CT molecular complexity index is 200. The molecule has 2 N–H and O–H groups in total. The van der Waals surface area contributed by atoms with Crippen LogP contribution >= 0.6 is 0 Å². The van der Waals surface area contributed by atoms with Crippen LogP contribution < -0.4 is 10.6 Å². The van der Waals surface area contributed by atoms with Crippen LogP contribution in [0.3, 0.4) is 0 Å². The lowest BCUT2D eigenvalue weighted by Gasteiger charge is -2.32. The van der Waals surface area contributed by atoms with Gasteiger partial charge in [0.05, 0.1) is 0 Å². The van der Waals surface area contributed by atoms with E-state index in [1.807, 2.05) is 4.90 Å². The first-order valence-corrected chi connectivity index (χ1v) is 6.54. The smallest absolute Gasteiger partial charge is 0.317 e. The summed E-state index contributed by atoms with van der Waals surface area (Å²) in [5, 5.41) is 6.40. The van der Waals surface area contributed by atoms with Gasteiger partial charge < -0.3 is 15.5 Å². The van der Waals surface area contributed by atoms with Crippen molar-refractivity contribution in [3.05, 3.63) is 0 Å². The quantitative estimate of drug-likeness (QED) is 0.700. The van der Waals surface area contributed by atoms with Crippen molar-refractivity contribution in [1.82, 2.24) is 15.5 Å². The summed E-state index contributed by atoms with van der Waals surface area (Å²) in [5.41, 5.74) is 0. The molecule has 1 aliphatic rings. The highest BCUT2D eigenvalue weighted by atomic mass is 16.2. The second kappa shape index (κ2) is 7.49. The zero-order valence-electron chi connectivity index (χ0n) is 10.6. The van der Waals surface area contributed by atoms with Gasteiger partial charge in [-0.2, -0.15) is 0 Å². The molecule has 0 aromatic carbocycles. The van der Waals surface area contributed by atoms with E-state index in [4.69, 9.17) is 0 Å². The van der Waals surface area contributed by atoms with Crippen molar-refractivity contribution >= 4 is 6.03 Å². The van der Waals surface area contributed by atoms with E-state index < -0.39 is 0 Å². The molecule has 1 fully saturated rings. The number of carbonyl (C=O) groups is 1. The van der Waals surface area contributed by atoms with E-state index in [9.17, 15) is 4.79 Å². The fourth-order valence-corrected chi connectivity index (χ4v) is 2.06. The number of unbranched alkanes of at least 4 members (excludes halogenated alkanes) is 1. The van der Waals surface area contributed by atoms with Gasteiger partial charge in [0.2, 0.25) is 0 Å². The van der Waals surface area contributed by atoms with Crippen LogP contribution in [0.4, 0.5) is 4.79 Å². The molecule has 0 saturated carbocycles. The molecule has 0 atom stereocenters. The van der Waals surface area contributed by atoms with Crippen molar-refractivity contribution in [3.63, 3.8) is 0 Å². The van der Waals surface area contributed by atoms with Crippen LogP contribution in [0.1, 0.15) is 39.5 Å². The van der Waals surface area contributed by atoms with Crippen molar-refractivity contribution in [2.75, 3.05) is 26.2 Å². The van der Waals surface area contributed by atoms with Crippen molar-refractivity contribution < 1.29 is 4.79 Å². The molecule has 0 bridgehead atoms. The molecule has 1 aliphatic heterocycles. The van der Waals surface area contributed by atoms with Gasteiger partial charge in [0.25, 0.3) is 0 Å². The zero-order chi connectivity index (χ0) is 11.8. The van der Waals surface area contributed by atoms with E-state index in [2.05, 4.69) is 24.5 Å². The van der Waals surface area contributed by atoms with Crippen LogP contribution in [0, 0.1) is 0 Å². The van der Waals surface area contributed by atoms with Crippen LogP contribution in [0.2, 0.25) is 0 Å². The summed E-state index contributed by atoms with van der Waals surface area (Å²) in [6, 6.07) is 0.716. The number of rotatable bonds is 5. The van der Waals surface area contributed by atoms with Crippen LogP contribution in [0.5, 0.6) is 0 Å². The summed E-state index contributed by atoms with van der Waals surface area (Å²) >= 11 is 0. The second-order valence-corrected chi connectivity index (χ2v) is 4.40. The first-order valence-electron chi connectivity index (χ1n) is 6.54. The third kappa shape index (κ3) is 4.39. The summed E-state index contributed by atoms with van der Waals surface area (Å²) in [6.07, 6.45) is 4.35. The molecule has 1 rings (SSSR count). The minimum Gasteiger partial charge on any atom is -0.338 e. The lowest BCUT2D eigenvalue weighted by molar-refractivity contribution is 0.177. The van der Waals surface area contributed by atoms with Gasteiger partial charge in [-0.1, -0.05) is 20.3 Å². The Morgan fingerprint density at radius 3 is 2.56 bits per heavy atom. The van der Waals surface area contributed by atoms with Crippen molar-refractivity contribution in [1.29, 1.82) is 0 Å². The Balaban J connectivity index is 2.17. The molecule has 4 heteroatoms. The zero-order valence-corrected chi connectivity index (χ0v) is 10.6. The predicted octanol–water partition coefficient (Wildman–Crippen LogP) is 1.57. The number of urea groups is 1. The minimum atomic E-state index is 0.114. The third-order valence-electron chi connectivity index (χ3n) is 3.08. The Hall–Kier alpha value is -0.770. The molecule has 4 nitrogen and oxygen atoms in total. The first kappa shape index (κ1) is 13.3. The Morgan fingerprint density at radius 1 is 1.31 bits per heavy atom. The Morgan fingerprint density at radius 2 is 2.00 bits per heavy atom. The minimum absolute atomic E-state index is 0.114. The van der Waals surface area contributed by atoms with Gasteiger partial charge in [0, 0.05) is 25.7 Å². The normalized spacial score (nSPS) is 17.5. The standard InChI is InChI=1S/C12H25N3O/c1-3-5-8-14-12(16)15-9-6-11(7-10-15)13-4-2/h11,13H,3-10H2,1-2H3,(H,14,16). The molecule has 16 heavy (non-hydrogen) atoms. The van der Waals surface area contributed by atoms with Crippen LogP contribution in [-0.2, 0) is 0 Å². The Labute approximate surface area is 98.8 Å². The third-order valence-corrected chi connectivity index (χ3v) is 3.08. The van der Waals surface area contributed by atoms with Gasteiger partial charge >= 0.3 is 6.03 Å². The first-order chi connectivity index (χ1) is 7.77. The van der Waals surface area contributed by atoms with Crippen molar-refractivity contribution in [3.8, 4) is 0 Å².